The maximum absolute atomic E-state index is 13.8. The number of aromatic nitrogens is 1. The van der Waals surface area contributed by atoms with E-state index >= 15 is 0 Å². The van der Waals surface area contributed by atoms with Crippen LogP contribution in [0.3, 0.4) is 0 Å². The molecule has 9 heteroatoms. The fourth-order valence-electron chi connectivity index (χ4n) is 5.33. The molecule has 1 saturated heterocycles. The van der Waals surface area contributed by atoms with Crippen LogP contribution in [0.1, 0.15) is 61.4 Å². The highest BCUT2D eigenvalue weighted by atomic mass is 32.1. The first kappa shape index (κ1) is 30.1. The zero-order valence-corrected chi connectivity index (χ0v) is 25.9. The largest absolute Gasteiger partial charge is 0.507 e. The van der Waals surface area contributed by atoms with Gasteiger partial charge in [0.05, 0.1) is 42.2 Å². The molecule has 1 fully saturated rings. The van der Waals surface area contributed by atoms with Gasteiger partial charge in [0.15, 0.2) is 16.6 Å². The molecule has 0 spiro atoms. The normalized spacial score (nSPS) is 16.2. The molecule has 0 radical (unpaired) electrons. The summed E-state index contributed by atoms with van der Waals surface area (Å²) in [5, 5.41) is 11.9. The van der Waals surface area contributed by atoms with E-state index in [0.29, 0.717) is 46.7 Å². The molecule has 4 aromatic rings. The number of amides is 1. The quantitative estimate of drug-likeness (QED) is 0.0823. The lowest BCUT2D eigenvalue weighted by Crippen LogP contribution is -2.29. The molecular weight excluding hydrogens is 564 g/mol. The Morgan fingerprint density at radius 3 is 2.44 bits per heavy atom. The van der Waals surface area contributed by atoms with E-state index in [-0.39, 0.29) is 11.3 Å². The molecule has 224 valence electrons. The molecule has 0 aliphatic carbocycles. The molecule has 2 heterocycles. The van der Waals surface area contributed by atoms with Crippen molar-refractivity contribution in [3.05, 3.63) is 82.4 Å². The number of benzene rings is 3. The smallest absolute Gasteiger partial charge is 0.301 e. The van der Waals surface area contributed by atoms with Crippen molar-refractivity contribution < 1.29 is 28.9 Å². The number of carbonyl (C=O) groups is 2. The number of unbranched alkanes of at least 4 members (excludes halogenated alkanes) is 2. The lowest BCUT2D eigenvalue weighted by Gasteiger charge is -2.24. The van der Waals surface area contributed by atoms with Crippen molar-refractivity contribution >= 4 is 44.1 Å². The van der Waals surface area contributed by atoms with Crippen LogP contribution in [0.5, 0.6) is 17.2 Å². The van der Waals surface area contributed by atoms with Gasteiger partial charge in [0, 0.05) is 5.56 Å². The first-order valence-corrected chi connectivity index (χ1v) is 15.3. The molecule has 1 atom stereocenters. The van der Waals surface area contributed by atoms with E-state index in [9.17, 15) is 14.7 Å². The summed E-state index contributed by atoms with van der Waals surface area (Å²) >= 11 is 1.34. The van der Waals surface area contributed by atoms with Gasteiger partial charge in [-0.1, -0.05) is 43.2 Å². The molecule has 1 aliphatic heterocycles. The Morgan fingerprint density at radius 1 is 0.977 bits per heavy atom. The number of hydrogen-bond acceptors (Lipinski definition) is 8. The van der Waals surface area contributed by atoms with Gasteiger partial charge in [-0.25, -0.2) is 4.98 Å². The minimum Gasteiger partial charge on any atom is -0.507 e. The Kier molecular flexibility index (Phi) is 9.01. The zero-order chi connectivity index (χ0) is 30.7. The number of aliphatic hydroxyl groups excluding tert-OH is 1. The van der Waals surface area contributed by atoms with Gasteiger partial charge in [-0.05, 0) is 86.3 Å². The standard InChI is InChI=1S/C34H36N2O6S/c1-6-8-9-16-42-25-15-12-23(19-26(25)41-7-2)30-28(31(37)22-10-13-24(40-5)14-11-22)32(38)33(39)36(30)34-35-29-21(4)17-20(3)18-27(29)43-34/h10-15,17-19,30,37H,6-9,16H2,1-5H3. The fourth-order valence-corrected chi connectivity index (χ4v) is 6.50. The summed E-state index contributed by atoms with van der Waals surface area (Å²) in [5.41, 5.74) is 3.78. The van der Waals surface area contributed by atoms with E-state index in [1.807, 2.05) is 39.0 Å². The average molecular weight is 601 g/mol. The second kappa shape index (κ2) is 12.9. The number of ketones is 1. The molecule has 1 unspecified atom stereocenters. The van der Waals surface area contributed by atoms with Gasteiger partial charge in [0.25, 0.3) is 5.78 Å². The Hall–Kier alpha value is -4.37. The topological polar surface area (TPSA) is 98.2 Å². The van der Waals surface area contributed by atoms with Gasteiger partial charge in [-0.3, -0.25) is 14.5 Å². The molecule has 1 aliphatic rings. The Bertz CT molecular complexity index is 1690. The van der Waals surface area contributed by atoms with Crippen LogP contribution >= 0.6 is 11.3 Å². The number of fused-ring (bicyclic) bond motifs is 1. The molecule has 3 aromatic carbocycles. The van der Waals surface area contributed by atoms with Crippen molar-refractivity contribution in [2.75, 3.05) is 25.2 Å². The molecular formula is C34H36N2O6S. The van der Waals surface area contributed by atoms with Crippen LogP contribution in [0.2, 0.25) is 0 Å². The molecule has 1 aromatic heterocycles. The summed E-state index contributed by atoms with van der Waals surface area (Å²) in [4.78, 5) is 33.7. The maximum atomic E-state index is 13.8. The van der Waals surface area contributed by atoms with Gasteiger partial charge in [-0.2, -0.15) is 0 Å². The number of nitrogens with zero attached hydrogens (tertiary/aromatic N) is 2. The molecule has 1 N–H and O–H groups in total. The van der Waals surface area contributed by atoms with Crippen molar-refractivity contribution in [2.45, 2.75) is 53.0 Å². The third-order valence-electron chi connectivity index (χ3n) is 7.42. The van der Waals surface area contributed by atoms with E-state index in [2.05, 4.69) is 6.92 Å². The third-order valence-corrected chi connectivity index (χ3v) is 8.42. The Morgan fingerprint density at radius 2 is 1.74 bits per heavy atom. The number of aliphatic hydroxyl groups is 1. The number of hydrogen-bond donors (Lipinski definition) is 1. The Balaban J connectivity index is 1.67. The lowest BCUT2D eigenvalue weighted by atomic mass is 9.95. The van der Waals surface area contributed by atoms with Crippen LogP contribution in [0.25, 0.3) is 16.0 Å². The van der Waals surface area contributed by atoms with Crippen LogP contribution in [-0.4, -0.2) is 42.1 Å². The highest BCUT2D eigenvalue weighted by molar-refractivity contribution is 7.22. The number of anilines is 1. The molecule has 5 rings (SSSR count). The van der Waals surface area contributed by atoms with Crippen LogP contribution in [0.4, 0.5) is 5.13 Å². The summed E-state index contributed by atoms with van der Waals surface area (Å²) < 4.78 is 18.2. The third kappa shape index (κ3) is 5.95. The number of Topliss-reactive ketones (excluding diaryl/α,β-unsaturated/α-hetero) is 1. The minimum atomic E-state index is -0.947. The fraction of sp³-hybridized carbons (Fsp3) is 0.324. The van der Waals surface area contributed by atoms with Crippen molar-refractivity contribution in [1.82, 2.24) is 4.98 Å². The van der Waals surface area contributed by atoms with E-state index < -0.39 is 17.7 Å². The minimum absolute atomic E-state index is 0.0265. The summed E-state index contributed by atoms with van der Waals surface area (Å²) in [6, 6.07) is 15.2. The highest BCUT2D eigenvalue weighted by Crippen LogP contribution is 2.46. The van der Waals surface area contributed by atoms with E-state index in [0.717, 1.165) is 40.6 Å². The first-order valence-electron chi connectivity index (χ1n) is 14.5. The second-order valence-electron chi connectivity index (χ2n) is 10.5. The summed E-state index contributed by atoms with van der Waals surface area (Å²) in [7, 11) is 1.55. The average Bonchev–Trinajstić information content (AvgIpc) is 3.54. The number of aryl methyl sites for hydroxylation is 2. The number of thiazole rings is 1. The van der Waals surface area contributed by atoms with Gasteiger partial charge < -0.3 is 19.3 Å². The van der Waals surface area contributed by atoms with Gasteiger partial charge in [0.1, 0.15) is 11.5 Å². The van der Waals surface area contributed by atoms with Gasteiger partial charge >= 0.3 is 5.91 Å². The summed E-state index contributed by atoms with van der Waals surface area (Å²) in [6.45, 7) is 8.95. The summed E-state index contributed by atoms with van der Waals surface area (Å²) in [6.07, 6.45) is 3.06. The Labute approximate surface area is 255 Å². The van der Waals surface area contributed by atoms with Crippen LogP contribution in [-0.2, 0) is 9.59 Å². The van der Waals surface area contributed by atoms with Crippen molar-refractivity contribution in [2.24, 2.45) is 0 Å². The molecule has 8 nitrogen and oxygen atoms in total. The second-order valence-corrected chi connectivity index (χ2v) is 11.5. The molecule has 0 saturated carbocycles. The van der Waals surface area contributed by atoms with Crippen molar-refractivity contribution in [1.29, 1.82) is 0 Å². The molecule has 0 bridgehead atoms. The summed E-state index contributed by atoms with van der Waals surface area (Å²) in [5.74, 6) is -0.138. The van der Waals surface area contributed by atoms with Crippen molar-refractivity contribution in [3.8, 4) is 17.2 Å². The predicted octanol–water partition coefficient (Wildman–Crippen LogP) is 7.52. The van der Waals surface area contributed by atoms with Crippen molar-refractivity contribution in [3.63, 3.8) is 0 Å². The lowest BCUT2D eigenvalue weighted by molar-refractivity contribution is -0.132. The first-order chi connectivity index (χ1) is 20.8. The van der Waals surface area contributed by atoms with Crippen LogP contribution < -0.4 is 19.1 Å². The molecule has 1 amide bonds. The van der Waals surface area contributed by atoms with E-state index in [4.69, 9.17) is 19.2 Å². The van der Waals surface area contributed by atoms with Crippen LogP contribution in [0, 0.1) is 13.8 Å². The van der Waals surface area contributed by atoms with E-state index in [1.165, 1.54) is 16.2 Å². The monoisotopic (exact) mass is 600 g/mol. The number of methoxy groups -OCH3 is 1. The molecule has 43 heavy (non-hydrogen) atoms. The number of ether oxygens (including phenoxy) is 3. The zero-order valence-electron chi connectivity index (χ0n) is 25.1. The number of rotatable bonds is 11. The number of carbonyl (C=O) groups excluding carboxylic acids is 2. The van der Waals surface area contributed by atoms with Gasteiger partial charge in [0.2, 0.25) is 0 Å². The van der Waals surface area contributed by atoms with Crippen LogP contribution in [0.15, 0.2) is 60.2 Å². The highest BCUT2D eigenvalue weighted by Gasteiger charge is 2.48. The maximum Gasteiger partial charge on any atom is 0.301 e. The SMILES string of the molecule is CCCCCOc1ccc(C2C(=C(O)c3ccc(OC)cc3)C(=O)C(=O)N2c2nc3c(C)cc(C)cc3s2)cc1OCC. The predicted molar refractivity (Wildman–Crippen MR) is 170 cm³/mol. The van der Waals surface area contributed by atoms with Gasteiger partial charge in [-0.15, -0.1) is 0 Å². The van der Waals surface area contributed by atoms with E-state index in [1.54, 1.807) is 43.5 Å².